The van der Waals surface area contributed by atoms with Gasteiger partial charge in [-0.2, -0.15) is 5.10 Å². The van der Waals surface area contributed by atoms with Gasteiger partial charge in [0.25, 0.3) is 5.91 Å². The lowest BCUT2D eigenvalue weighted by Gasteiger charge is -2.38. The number of piperazine rings is 1. The number of para-hydroxylation sites is 1. The zero-order chi connectivity index (χ0) is 20.5. The maximum absolute atomic E-state index is 13.4. The average molecular weight is 421 g/mol. The number of hydrogen-bond donors (Lipinski definition) is 0. The van der Waals surface area contributed by atoms with Crippen molar-refractivity contribution in [3.05, 3.63) is 59.6 Å². The highest BCUT2D eigenvalue weighted by Gasteiger charge is 2.33. The number of nitrogens with zero attached hydrogens (tertiary/aromatic N) is 4. The van der Waals surface area contributed by atoms with E-state index in [9.17, 15) is 9.59 Å². The van der Waals surface area contributed by atoms with Crippen LogP contribution in [0.3, 0.4) is 0 Å². The molecule has 1 saturated carbocycles. The summed E-state index contributed by atoms with van der Waals surface area (Å²) in [6.07, 6.45) is 5.02. The van der Waals surface area contributed by atoms with Gasteiger partial charge in [-0.1, -0.05) is 30.7 Å². The van der Waals surface area contributed by atoms with Gasteiger partial charge in [0.1, 0.15) is 5.69 Å². The molecule has 154 valence electrons. The molecule has 1 aliphatic carbocycles. The van der Waals surface area contributed by atoms with Gasteiger partial charge in [0.05, 0.1) is 16.1 Å². The summed E-state index contributed by atoms with van der Waals surface area (Å²) in [4.78, 5) is 30.7. The van der Waals surface area contributed by atoms with Gasteiger partial charge in [-0.15, -0.1) is 11.3 Å². The molecule has 3 aromatic rings. The highest BCUT2D eigenvalue weighted by molar-refractivity contribution is 7.13. The summed E-state index contributed by atoms with van der Waals surface area (Å²) in [5.74, 6) is 0.461. The van der Waals surface area contributed by atoms with Crippen LogP contribution in [0.1, 0.15) is 29.6 Å². The number of thiophene rings is 1. The topological polar surface area (TPSA) is 58.4 Å². The zero-order valence-corrected chi connectivity index (χ0v) is 17.6. The van der Waals surface area contributed by atoms with Crippen molar-refractivity contribution in [2.45, 2.75) is 19.3 Å². The first kappa shape index (κ1) is 19.1. The van der Waals surface area contributed by atoms with Gasteiger partial charge in [0.15, 0.2) is 0 Å². The van der Waals surface area contributed by atoms with Gasteiger partial charge in [-0.05, 0) is 36.4 Å². The molecule has 1 aromatic carbocycles. The largest absolute Gasteiger partial charge is 0.339 e. The first-order valence-corrected chi connectivity index (χ1v) is 11.4. The molecule has 1 aliphatic heterocycles. The zero-order valence-electron chi connectivity index (χ0n) is 16.7. The molecule has 0 spiro atoms. The number of amides is 2. The Labute approximate surface area is 179 Å². The lowest BCUT2D eigenvalue weighted by molar-refractivity contribution is -0.139. The summed E-state index contributed by atoms with van der Waals surface area (Å²) in [7, 11) is 0. The normalized spacial score (nSPS) is 17.1. The minimum Gasteiger partial charge on any atom is -0.339 e. The maximum atomic E-state index is 13.4. The van der Waals surface area contributed by atoms with Gasteiger partial charge >= 0.3 is 0 Å². The van der Waals surface area contributed by atoms with Crippen LogP contribution in [0.15, 0.2) is 54.0 Å². The molecule has 3 heterocycles. The van der Waals surface area contributed by atoms with E-state index in [1.54, 1.807) is 16.0 Å². The third-order valence-electron chi connectivity index (χ3n) is 6.05. The minimum absolute atomic E-state index is 0.0173. The predicted molar refractivity (Wildman–Crippen MR) is 117 cm³/mol. The Bertz CT molecular complexity index is 1030. The van der Waals surface area contributed by atoms with E-state index in [2.05, 4.69) is 0 Å². The van der Waals surface area contributed by atoms with E-state index in [0.717, 1.165) is 29.8 Å². The molecule has 6 nitrogen and oxygen atoms in total. The number of carbonyl (C=O) groups excluding carboxylic acids is 2. The molecule has 1 saturated heterocycles. The Morgan fingerprint density at radius 1 is 0.933 bits per heavy atom. The summed E-state index contributed by atoms with van der Waals surface area (Å²) >= 11 is 1.58. The number of aromatic nitrogens is 2. The monoisotopic (exact) mass is 420 g/mol. The van der Waals surface area contributed by atoms with Crippen LogP contribution in [-0.4, -0.2) is 57.6 Å². The molecule has 0 atom stereocenters. The van der Waals surface area contributed by atoms with Crippen molar-refractivity contribution in [1.29, 1.82) is 0 Å². The van der Waals surface area contributed by atoms with Crippen molar-refractivity contribution in [2.75, 3.05) is 26.2 Å². The first-order valence-electron chi connectivity index (χ1n) is 10.5. The molecular formula is C23H24N4O2S. The highest BCUT2D eigenvalue weighted by Crippen LogP contribution is 2.30. The lowest BCUT2D eigenvalue weighted by Crippen LogP contribution is -2.52. The Kier molecular flexibility index (Phi) is 5.12. The van der Waals surface area contributed by atoms with E-state index in [-0.39, 0.29) is 17.7 Å². The fraction of sp³-hybridized carbons (Fsp3) is 0.348. The molecule has 0 radical (unpaired) electrons. The van der Waals surface area contributed by atoms with Crippen LogP contribution in [0.5, 0.6) is 0 Å². The number of hydrogen-bond acceptors (Lipinski definition) is 4. The van der Waals surface area contributed by atoms with Crippen molar-refractivity contribution in [1.82, 2.24) is 19.6 Å². The van der Waals surface area contributed by atoms with Crippen molar-refractivity contribution < 1.29 is 9.59 Å². The van der Waals surface area contributed by atoms with E-state index < -0.39 is 0 Å². The molecule has 30 heavy (non-hydrogen) atoms. The Morgan fingerprint density at radius 2 is 1.67 bits per heavy atom. The summed E-state index contributed by atoms with van der Waals surface area (Å²) < 4.78 is 1.78. The van der Waals surface area contributed by atoms with Crippen LogP contribution >= 0.6 is 11.3 Å². The van der Waals surface area contributed by atoms with Gasteiger partial charge < -0.3 is 9.80 Å². The Morgan fingerprint density at radius 3 is 2.30 bits per heavy atom. The van der Waals surface area contributed by atoms with E-state index in [4.69, 9.17) is 5.10 Å². The number of benzene rings is 1. The van der Waals surface area contributed by atoms with Crippen LogP contribution in [0.25, 0.3) is 16.3 Å². The first-order chi connectivity index (χ1) is 14.7. The second-order valence-corrected chi connectivity index (χ2v) is 8.84. The SMILES string of the molecule is O=C(c1cn(-c2ccccc2)nc1-c1cccs1)N1CCN(C(=O)C2CCC2)CC1. The van der Waals surface area contributed by atoms with Crippen LogP contribution in [0.4, 0.5) is 0 Å². The standard InChI is InChI=1S/C23H24N4O2S/c28-22(17-6-4-7-17)25-11-13-26(14-12-25)23(29)19-16-27(18-8-2-1-3-9-18)24-21(19)20-10-5-15-30-20/h1-3,5,8-10,15-17H,4,6-7,11-14H2. The van der Waals surface area contributed by atoms with E-state index in [0.29, 0.717) is 37.4 Å². The molecular weight excluding hydrogens is 396 g/mol. The van der Waals surface area contributed by atoms with Crippen molar-refractivity contribution in [2.24, 2.45) is 5.92 Å². The molecule has 2 aromatic heterocycles. The van der Waals surface area contributed by atoms with E-state index in [1.165, 1.54) is 0 Å². The van der Waals surface area contributed by atoms with Crippen LogP contribution in [-0.2, 0) is 4.79 Å². The molecule has 5 rings (SSSR count). The van der Waals surface area contributed by atoms with Gasteiger partial charge in [-0.25, -0.2) is 4.68 Å². The number of rotatable bonds is 4. The molecule has 7 heteroatoms. The molecule has 2 aliphatic rings. The molecule has 2 fully saturated rings. The van der Waals surface area contributed by atoms with E-state index in [1.807, 2.05) is 63.8 Å². The van der Waals surface area contributed by atoms with Gasteiger partial charge in [0, 0.05) is 38.3 Å². The van der Waals surface area contributed by atoms with Crippen LogP contribution in [0.2, 0.25) is 0 Å². The third-order valence-corrected chi connectivity index (χ3v) is 6.93. The highest BCUT2D eigenvalue weighted by atomic mass is 32.1. The van der Waals surface area contributed by atoms with Gasteiger partial charge in [0.2, 0.25) is 5.91 Å². The fourth-order valence-electron chi connectivity index (χ4n) is 4.05. The Hall–Kier alpha value is -2.93. The third kappa shape index (κ3) is 3.54. The van der Waals surface area contributed by atoms with Crippen LogP contribution in [0, 0.1) is 5.92 Å². The van der Waals surface area contributed by atoms with E-state index >= 15 is 0 Å². The summed E-state index contributed by atoms with van der Waals surface area (Å²) in [6.45, 7) is 2.36. The molecule has 2 amide bonds. The second-order valence-electron chi connectivity index (χ2n) is 7.89. The minimum atomic E-state index is -0.0173. The summed E-state index contributed by atoms with van der Waals surface area (Å²) in [5.41, 5.74) is 2.25. The van der Waals surface area contributed by atoms with Crippen LogP contribution < -0.4 is 0 Å². The fourth-order valence-corrected chi connectivity index (χ4v) is 4.78. The van der Waals surface area contributed by atoms with Crippen molar-refractivity contribution in [3.63, 3.8) is 0 Å². The quantitative estimate of drug-likeness (QED) is 0.647. The average Bonchev–Trinajstić information content (AvgIpc) is 3.42. The second kappa shape index (κ2) is 8.07. The molecule has 0 unspecified atom stereocenters. The summed E-state index contributed by atoms with van der Waals surface area (Å²) in [6, 6.07) is 13.8. The van der Waals surface area contributed by atoms with Crippen molar-refractivity contribution in [3.8, 4) is 16.3 Å². The lowest BCUT2D eigenvalue weighted by atomic mass is 9.84. The maximum Gasteiger partial charge on any atom is 0.257 e. The number of carbonyl (C=O) groups is 2. The predicted octanol–water partition coefficient (Wildman–Crippen LogP) is 3.69. The van der Waals surface area contributed by atoms with Gasteiger partial charge in [-0.3, -0.25) is 9.59 Å². The summed E-state index contributed by atoms with van der Waals surface area (Å²) in [5, 5.41) is 6.73. The van der Waals surface area contributed by atoms with Crippen molar-refractivity contribution >= 4 is 23.2 Å². The Balaban J connectivity index is 1.37. The molecule has 0 bridgehead atoms. The molecule has 0 N–H and O–H groups in total. The smallest absolute Gasteiger partial charge is 0.257 e.